The topological polar surface area (TPSA) is 68.1 Å². The van der Waals surface area contributed by atoms with Crippen LogP contribution in [0.2, 0.25) is 0 Å². The Balaban J connectivity index is 0. The van der Waals surface area contributed by atoms with Gasteiger partial charge in [-0.2, -0.15) is 5.10 Å². The number of aromatic nitrogens is 3. The highest BCUT2D eigenvalue weighted by Gasteiger charge is 2.14. The minimum atomic E-state index is -0.491. The van der Waals surface area contributed by atoms with Crippen molar-refractivity contribution in [3.63, 3.8) is 0 Å². The Labute approximate surface area is 172 Å². The Morgan fingerprint density at radius 1 is 1.21 bits per heavy atom. The van der Waals surface area contributed by atoms with E-state index in [2.05, 4.69) is 29.0 Å². The molecule has 0 spiro atoms. The van der Waals surface area contributed by atoms with Crippen LogP contribution in [-0.2, 0) is 16.1 Å². The summed E-state index contributed by atoms with van der Waals surface area (Å²) in [6, 6.07) is 4.66. The molecule has 1 aliphatic rings. The van der Waals surface area contributed by atoms with Crippen LogP contribution in [0.4, 0.5) is 8.78 Å². The maximum absolute atomic E-state index is 12.3. The van der Waals surface area contributed by atoms with E-state index in [1.54, 1.807) is 0 Å². The second-order valence-corrected chi connectivity index (χ2v) is 5.84. The molecule has 1 fully saturated rings. The van der Waals surface area contributed by atoms with Gasteiger partial charge in [0.15, 0.2) is 0 Å². The first-order valence-corrected chi connectivity index (χ1v) is 9.64. The predicted molar refractivity (Wildman–Crippen MR) is 112 cm³/mol. The summed E-state index contributed by atoms with van der Waals surface area (Å²) in [5.41, 5.74) is 0.0810. The Morgan fingerprint density at radius 3 is 2.03 bits per heavy atom. The fourth-order valence-corrected chi connectivity index (χ4v) is 2.06. The van der Waals surface area contributed by atoms with Crippen molar-refractivity contribution in [2.24, 2.45) is 0 Å². The maximum Gasteiger partial charge on any atom is 0.141 e. The molecule has 0 saturated carbocycles. The van der Waals surface area contributed by atoms with E-state index in [-0.39, 0.29) is 5.56 Å². The summed E-state index contributed by atoms with van der Waals surface area (Å²) in [7, 11) is 2.19. The molecule has 0 radical (unpaired) electrons. The van der Waals surface area contributed by atoms with E-state index in [9.17, 15) is 13.6 Å². The maximum atomic E-state index is 12.3. The molecule has 6 nitrogen and oxygen atoms in total. The predicted octanol–water partition coefficient (Wildman–Crippen LogP) is 4.08. The van der Waals surface area contributed by atoms with Gasteiger partial charge in [-0.1, -0.05) is 19.9 Å². The SMILES string of the molecule is CC.CC1CCCN1C.CC=O.Cc1c(F)cccc1F.O=CCn1cncn1. The lowest BCUT2D eigenvalue weighted by atomic mass is 10.2. The first-order chi connectivity index (χ1) is 13.9. The van der Waals surface area contributed by atoms with E-state index in [0.717, 1.165) is 18.6 Å². The van der Waals surface area contributed by atoms with Crippen LogP contribution in [0.15, 0.2) is 30.9 Å². The third-order valence-corrected chi connectivity index (χ3v) is 3.81. The van der Waals surface area contributed by atoms with Gasteiger partial charge in [0, 0.05) is 11.6 Å². The van der Waals surface area contributed by atoms with E-state index >= 15 is 0 Å². The van der Waals surface area contributed by atoms with Gasteiger partial charge in [0.1, 0.15) is 36.9 Å². The fraction of sp³-hybridized carbons (Fsp3) is 0.524. The van der Waals surface area contributed by atoms with Crippen LogP contribution < -0.4 is 0 Å². The van der Waals surface area contributed by atoms with Crippen molar-refractivity contribution in [1.82, 2.24) is 19.7 Å². The highest BCUT2D eigenvalue weighted by Crippen LogP contribution is 2.12. The molecule has 0 amide bonds. The van der Waals surface area contributed by atoms with Gasteiger partial charge in [-0.05, 0) is 59.3 Å². The highest BCUT2D eigenvalue weighted by molar-refractivity contribution is 5.48. The van der Waals surface area contributed by atoms with Crippen molar-refractivity contribution in [3.05, 3.63) is 48.1 Å². The minimum absolute atomic E-state index is 0.0810. The zero-order chi connectivity index (χ0) is 22.7. The number of nitrogens with zero attached hydrogens (tertiary/aromatic N) is 4. The molecule has 1 atom stereocenters. The van der Waals surface area contributed by atoms with Crippen LogP contribution in [0.25, 0.3) is 0 Å². The molecule has 1 saturated heterocycles. The average Bonchev–Trinajstić information content (AvgIpc) is 3.36. The van der Waals surface area contributed by atoms with E-state index in [0.29, 0.717) is 6.54 Å². The Morgan fingerprint density at radius 2 is 1.76 bits per heavy atom. The molecule has 2 heterocycles. The second kappa shape index (κ2) is 18.9. The van der Waals surface area contributed by atoms with Crippen molar-refractivity contribution in [2.75, 3.05) is 13.6 Å². The standard InChI is InChI=1S/C7H6F2.C6H13N.C4H5N3O.C2H4O.C2H6/c1-5-6(8)3-2-4-7(5)9;1-6-4-3-5-7(6)2;8-2-1-7-4-5-3-6-7;1-2-3;1-2/h2-4H,1H3;6H,3-5H2,1-2H3;2-4H,1H2;2H,1H3;1-2H3. The van der Waals surface area contributed by atoms with Crippen molar-refractivity contribution < 1.29 is 18.4 Å². The Hall–Kier alpha value is -2.48. The molecular formula is C21H34F2N4O2. The van der Waals surface area contributed by atoms with Crippen molar-refractivity contribution in [1.29, 1.82) is 0 Å². The molecular weight excluding hydrogens is 378 g/mol. The van der Waals surface area contributed by atoms with Crippen LogP contribution in [0.3, 0.4) is 0 Å². The van der Waals surface area contributed by atoms with Gasteiger partial charge in [-0.25, -0.2) is 18.4 Å². The summed E-state index contributed by atoms with van der Waals surface area (Å²) in [5.74, 6) is -0.981. The van der Waals surface area contributed by atoms with Gasteiger partial charge in [-0.3, -0.25) is 0 Å². The van der Waals surface area contributed by atoms with Crippen molar-refractivity contribution in [3.8, 4) is 0 Å². The van der Waals surface area contributed by atoms with Crippen LogP contribution in [0, 0.1) is 18.6 Å². The molecule has 0 N–H and O–H groups in total. The van der Waals surface area contributed by atoms with Gasteiger partial charge in [-0.15, -0.1) is 0 Å². The van der Waals surface area contributed by atoms with E-state index < -0.39 is 11.6 Å². The molecule has 1 aromatic carbocycles. The number of aldehydes is 2. The smallest absolute Gasteiger partial charge is 0.141 e. The van der Waals surface area contributed by atoms with Crippen molar-refractivity contribution >= 4 is 12.6 Å². The minimum Gasteiger partial charge on any atom is -0.304 e. The average molecular weight is 413 g/mol. The number of carbonyl (C=O) groups is 2. The van der Waals surface area contributed by atoms with Crippen LogP contribution in [0.1, 0.15) is 46.1 Å². The summed E-state index contributed by atoms with van der Waals surface area (Å²) >= 11 is 0. The van der Waals surface area contributed by atoms with Gasteiger partial charge >= 0.3 is 0 Å². The van der Waals surface area contributed by atoms with Gasteiger partial charge in [0.25, 0.3) is 0 Å². The molecule has 29 heavy (non-hydrogen) atoms. The normalized spacial score (nSPS) is 14.4. The highest BCUT2D eigenvalue weighted by atomic mass is 19.1. The zero-order valence-electron chi connectivity index (χ0n) is 18.3. The van der Waals surface area contributed by atoms with Crippen LogP contribution in [0.5, 0.6) is 0 Å². The summed E-state index contributed by atoms with van der Waals surface area (Å²) in [6.07, 6.45) is 7.21. The first-order valence-electron chi connectivity index (χ1n) is 9.64. The monoisotopic (exact) mass is 412 g/mol. The summed E-state index contributed by atoms with van der Waals surface area (Å²) in [5, 5.41) is 3.68. The zero-order valence-corrected chi connectivity index (χ0v) is 18.3. The largest absolute Gasteiger partial charge is 0.304 e. The lowest BCUT2D eigenvalue weighted by Crippen LogP contribution is -2.20. The lowest BCUT2D eigenvalue weighted by Gasteiger charge is -2.12. The Kier molecular flexibility index (Phi) is 18.7. The number of benzene rings is 1. The summed E-state index contributed by atoms with van der Waals surface area (Å²) < 4.78 is 26.1. The van der Waals surface area contributed by atoms with E-state index in [1.165, 1.54) is 68.8 Å². The summed E-state index contributed by atoms with van der Waals surface area (Å²) in [4.78, 5) is 24.6. The number of hydrogen-bond acceptors (Lipinski definition) is 5. The van der Waals surface area contributed by atoms with Crippen LogP contribution in [-0.4, -0.2) is 51.9 Å². The van der Waals surface area contributed by atoms with E-state index in [1.807, 2.05) is 13.8 Å². The van der Waals surface area contributed by atoms with E-state index in [4.69, 9.17) is 4.79 Å². The number of hydrogen-bond donors (Lipinski definition) is 0. The molecule has 2 aromatic rings. The molecule has 1 aliphatic heterocycles. The summed E-state index contributed by atoms with van der Waals surface area (Å²) in [6.45, 7) is 10.7. The third-order valence-electron chi connectivity index (χ3n) is 3.81. The second-order valence-electron chi connectivity index (χ2n) is 5.84. The number of halogens is 2. The molecule has 0 bridgehead atoms. The fourth-order valence-electron chi connectivity index (χ4n) is 2.06. The van der Waals surface area contributed by atoms with Crippen molar-refractivity contribution in [2.45, 2.75) is 60.0 Å². The molecule has 164 valence electrons. The molecule has 1 aromatic heterocycles. The van der Waals surface area contributed by atoms with Gasteiger partial charge in [0.2, 0.25) is 0 Å². The molecule has 3 rings (SSSR count). The number of rotatable bonds is 2. The van der Waals surface area contributed by atoms with Crippen LogP contribution >= 0.6 is 0 Å². The quantitative estimate of drug-likeness (QED) is 0.695. The number of likely N-dealkylation sites (tertiary alicyclic amines) is 1. The first kappa shape index (κ1) is 28.7. The van der Waals surface area contributed by atoms with Gasteiger partial charge in [0.05, 0.1) is 6.54 Å². The molecule has 8 heteroatoms. The molecule has 1 unspecified atom stereocenters. The third kappa shape index (κ3) is 14.2. The Bertz CT molecular complexity index is 624. The lowest BCUT2D eigenvalue weighted by molar-refractivity contribution is -0.108. The number of carbonyl (C=O) groups excluding carboxylic acids is 2. The molecule has 0 aliphatic carbocycles. The van der Waals surface area contributed by atoms with Gasteiger partial charge < -0.3 is 14.5 Å².